The van der Waals surface area contributed by atoms with Crippen LogP contribution in [0.15, 0.2) is 18.2 Å². The summed E-state index contributed by atoms with van der Waals surface area (Å²) in [5, 5.41) is 4.14. The zero-order valence-corrected chi connectivity index (χ0v) is 12.9. The second kappa shape index (κ2) is 7.70. The first kappa shape index (κ1) is 15.4. The van der Waals surface area contributed by atoms with Crippen LogP contribution in [0.25, 0.3) is 0 Å². The second-order valence-corrected chi connectivity index (χ2v) is 6.09. The van der Waals surface area contributed by atoms with Gasteiger partial charge in [-0.2, -0.15) is 11.8 Å². The molecule has 0 radical (unpaired) electrons. The monoisotopic (exact) mass is 267 g/mol. The van der Waals surface area contributed by atoms with E-state index in [9.17, 15) is 0 Å². The predicted octanol–water partition coefficient (Wildman–Crippen LogP) is 3.80. The van der Waals surface area contributed by atoms with E-state index < -0.39 is 0 Å². The third kappa shape index (κ3) is 4.21. The van der Waals surface area contributed by atoms with E-state index in [2.05, 4.69) is 38.2 Å². The maximum Gasteiger partial charge on any atom is 0.119 e. The average Bonchev–Trinajstić information content (AvgIpc) is 2.40. The van der Waals surface area contributed by atoms with Crippen LogP contribution in [0.5, 0.6) is 5.75 Å². The van der Waals surface area contributed by atoms with E-state index >= 15 is 0 Å². The summed E-state index contributed by atoms with van der Waals surface area (Å²) < 4.78 is 5.25. The largest absolute Gasteiger partial charge is 0.497 e. The zero-order valence-electron chi connectivity index (χ0n) is 12.1. The van der Waals surface area contributed by atoms with Crippen LogP contribution in [0.3, 0.4) is 0 Å². The lowest BCUT2D eigenvalue weighted by Gasteiger charge is -2.20. The molecule has 0 aromatic heterocycles. The second-order valence-electron chi connectivity index (χ2n) is 4.62. The van der Waals surface area contributed by atoms with E-state index in [1.54, 1.807) is 7.11 Å². The molecule has 0 aliphatic rings. The van der Waals surface area contributed by atoms with Crippen LogP contribution in [0.2, 0.25) is 0 Å². The number of rotatable bonds is 7. The molecule has 0 fully saturated rings. The fourth-order valence-electron chi connectivity index (χ4n) is 1.87. The molecule has 0 saturated heterocycles. The first-order valence-corrected chi connectivity index (χ1v) is 7.60. The van der Waals surface area contributed by atoms with E-state index in [0.717, 1.165) is 16.8 Å². The molecule has 0 amide bonds. The van der Waals surface area contributed by atoms with Crippen LogP contribution >= 0.6 is 11.8 Å². The molecule has 0 aliphatic heterocycles. The van der Waals surface area contributed by atoms with Crippen molar-refractivity contribution >= 4 is 11.8 Å². The van der Waals surface area contributed by atoms with Crippen molar-refractivity contribution in [3.8, 4) is 5.75 Å². The SMILES string of the molecule is CCC(C)SCC(NC)c1ccc(OC)cc1C. The van der Waals surface area contributed by atoms with Gasteiger partial charge in [-0.15, -0.1) is 0 Å². The summed E-state index contributed by atoms with van der Waals surface area (Å²) in [5.74, 6) is 2.04. The van der Waals surface area contributed by atoms with Crippen molar-refractivity contribution in [1.82, 2.24) is 5.32 Å². The van der Waals surface area contributed by atoms with Crippen LogP contribution in [-0.2, 0) is 0 Å². The normalized spacial score (nSPS) is 14.3. The Hall–Kier alpha value is -0.670. The Morgan fingerprint density at radius 1 is 1.39 bits per heavy atom. The first-order chi connectivity index (χ1) is 8.62. The number of thioether (sulfide) groups is 1. The minimum Gasteiger partial charge on any atom is -0.497 e. The molecule has 3 heteroatoms. The number of benzene rings is 1. The summed E-state index contributed by atoms with van der Waals surface area (Å²) in [6.45, 7) is 6.68. The highest BCUT2D eigenvalue weighted by Gasteiger charge is 2.13. The van der Waals surface area contributed by atoms with Crippen molar-refractivity contribution in [3.63, 3.8) is 0 Å². The smallest absolute Gasteiger partial charge is 0.119 e. The molecule has 1 N–H and O–H groups in total. The molecule has 2 nitrogen and oxygen atoms in total. The van der Waals surface area contributed by atoms with Crippen molar-refractivity contribution in [2.45, 2.75) is 38.5 Å². The van der Waals surface area contributed by atoms with E-state index in [-0.39, 0.29) is 0 Å². The van der Waals surface area contributed by atoms with E-state index in [4.69, 9.17) is 4.74 Å². The van der Waals surface area contributed by atoms with Crippen molar-refractivity contribution in [3.05, 3.63) is 29.3 Å². The van der Waals surface area contributed by atoms with Gasteiger partial charge in [0, 0.05) is 17.0 Å². The summed E-state index contributed by atoms with van der Waals surface area (Å²) in [6, 6.07) is 6.73. The summed E-state index contributed by atoms with van der Waals surface area (Å²) in [5.41, 5.74) is 2.66. The number of nitrogens with one attached hydrogen (secondary N) is 1. The summed E-state index contributed by atoms with van der Waals surface area (Å²) >= 11 is 2.03. The molecule has 102 valence electrons. The third-order valence-electron chi connectivity index (χ3n) is 3.32. The van der Waals surface area contributed by atoms with Gasteiger partial charge in [-0.3, -0.25) is 0 Å². The minimum atomic E-state index is 0.412. The summed E-state index contributed by atoms with van der Waals surface area (Å²) in [6.07, 6.45) is 1.22. The van der Waals surface area contributed by atoms with Gasteiger partial charge in [-0.1, -0.05) is 19.9 Å². The van der Waals surface area contributed by atoms with Crippen molar-refractivity contribution in [1.29, 1.82) is 0 Å². The standard InChI is InChI=1S/C15H25NOS/c1-6-12(3)18-10-15(16-4)14-8-7-13(17-5)9-11(14)2/h7-9,12,15-16H,6,10H2,1-5H3. The van der Waals surface area contributed by atoms with Crippen LogP contribution in [-0.4, -0.2) is 25.2 Å². The lowest BCUT2D eigenvalue weighted by atomic mass is 10.0. The molecule has 1 rings (SSSR count). The van der Waals surface area contributed by atoms with Crippen molar-refractivity contribution in [2.24, 2.45) is 0 Å². The van der Waals surface area contributed by atoms with Crippen LogP contribution < -0.4 is 10.1 Å². The lowest BCUT2D eigenvalue weighted by molar-refractivity contribution is 0.414. The highest BCUT2D eigenvalue weighted by molar-refractivity contribution is 7.99. The molecule has 0 aliphatic carbocycles. The highest BCUT2D eigenvalue weighted by Crippen LogP contribution is 2.27. The van der Waals surface area contributed by atoms with E-state index in [0.29, 0.717) is 6.04 Å². The van der Waals surface area contributed by atoms with Gasteiger partial charge >= 0.3 is 0 Å². The average molecular weight is 267 g/mol. The molecule has 0 heterocycles. The van der Waals surface area contributed by atoms with Gasteiger partial charge in [0.25, 0.3) is 0 Å². The van der Waals surface area contributed by atoms with Crippen LogP contribution in [0.4, 0.5) is 0 Å². The molecule has 0 saturated carbocycles. The van der Waals surface area contributed by atoms with Gasteiger partial charge in [-0.05, 0) is 43.7 Å². The summed E-state index contributed by atoms with van der Waals surface area (Å²) in [4.78, 5) is 0. The Kier molecular flexibility index (Phi) is 6.58. The van der Waals surface area contributed by atoms with Gasteiger partial charge in [0.1, 0.15) is 5.75 Å². The topological polar surface area (TPSA) is 21.3 Å². The first-order valence-electron chi connectivity index (χ1n) is 6.55. The number of aryl methyl sites for hydroxylation is 1. The molecule has 0 bridgehead atoms. The van der Waals surface area contributed by atoms with Gasteiger partial charge in [0.15, 0.2) is 0 Å². The predicted molar refractivity (Wildman–Crippen MR) is 81.7 cm³/mol. The molecular formula is C15H25NOS. The third-order valence-corrected chi connectivity index (χ3v) is 4.75. The van der Waals surface area contributed by atoms with E-state index in [1.807, 2.05) is 24.9 Å². The van der Waals surface area contributed by atoms with Crippen LogP contribution in [0, 0.1) is 6.92 Å². The van der Waals surface area contributed by atoms with Gasteiger partial charge in [-0.25, -0.2) is 0 Å². The molecular weight excluding hydrogens is 242 g/mol. The Bertz CT molecular complexity index is 368. The molecule has 1 aromatic rings. The van der Waals surface area contributed by atoms with Crippen molar-refractivity contribution in [2.75, 3.05) is 19.9 Å². The zero-order chi connectivity index (χ0) is 13.5. The van der Waals surface area contributed by atoms with Gasteiger partial charge in [0.2, 0.25) is 0 Å². The number of hydrogen-bond donors (Lipinski definition) is 1. The molecule has 2 unspecified atom stereocenters. The minimum absolute atomic E-state index is 0.412. The summed E-state index contributed by atoms with van der Waals surface area (Å²) in [7, 11) is 3.74. The Morgan fingerprint density at radius 3 is 2.61 bits per heavy atom. The molecule has 0 spiro atoms. The Labute approximate surface area is 116 Å². The molecule has 2 atom stereocenters. The fraction of sp³-hybridized carbons (Fsp3) is 0.600. The Morgan fingerprint density at radius 2 is 2.11 bits per heavy atom. The highest BCUT2D eigenvalue weighted by atomic mass is 32.2. The Balaban J connectivity index is 2.75. The lowest BCUT2D eigenvalue weighted by Crippen LogP contribution is -2.20. The van der Waals surface area contributed by atoms with Crippen molar-refractivity contribution < 1.29 is 4.74 Å². The maximum absolute atomic E-state index is 5.25. The number of methoxy groups -OCH3 is 1. The van der Waals surface area contributed by atoms with E-state index in [1.165, 1.54) is 17.5 Å². The quantitative estimate of drug-likeness (QED) is 0.812. The fourth-order valence-corrected chi connectivity index (χ4v) is 2.98. The van der Waals surface area contributed by atoms with Gasteiger partial charge < -0.3 is 10.1 Å². The molecule has 1 aromatic carbocycles. The van der Waals surface area contributed by atoms with Crippen LogP contribution in [0.1, 0.15) is 37.4 Å². The maximum atomic E-state index is 5.25. The molecule has 18 heavy (non-hydrogen) atoms. The number of ether oxygens (including phenoxy) is 1. The number of hydrogen-bond acceptors (Lipinski definition) is 3. The van der Waals surface area contributed by atoms with Gasteiger partial charge in [0.05, 0.1) is 7.11 Å².